The van der Waals surface area contributed by atoms with E-state index in [9.17, 15) is 14.7 Å². The number of nitrogens with one attached hydrogen (secondary N) is 1. The number of aliphatic hydroxyl groups excluding tert-OH is 1. The number of carbonyl (C=O) groups excluding carboxylic acids is 2. The molecule has 2 N–H and O–H groups in total. The molecule has 8 nitrogen and oxygen atoms in total. The standard InChI is InChI=1S/C39H75NO7Si/c1-9-12-14-16-18-20-21-23-25-27-32(41)30-34(42)40-35-37(44-29-26-24-22-19-17-15-13-10-2)36(43)33(47-38(35)45-28-11-3)31-46-48(7,8)39(4,5)6/h11,28,33,35-38,43H,9-10,12-27,29-31H2,1-8H3,(H,40,42)/b28-11-/t33-,35?,36-,37-,38+/m1/s1. The molecule has 0 spiro atoms. The lowest BCUT2D eigenvalue weighted by atomic mass is 9.96. The molecule has 5 atom stereocenters. The van der Waals surface area contributed by atoms with Gasteiger partial charge >= 0.3 is 0 Å². The maximum absolute atomic E-state index is 13.2. The van der Waals surface area contributed by atoms with Crippen LogP contribution in [0.25, 0.3) is 0 Å². The Morgan fingerprint density at radius 2 is 1.35 bits per heavy atom. The van der Waals surface area contributed by atoms with Crippen molar-refractivity contribution in [3.8, 4) is 0 Å². The van der Waals surface area contributed by atoms with Gasteiger partial charge in [0.05, 0.1) is 19.3 Å². The highest BCUT2D eigenvalue weighted by Crippen LogP contribution is 2.37. The summed E-state index contributed by atoms with van der Waals surface area (Å²) in [5, 5.41) is 14.6. The molecular formula is C39H75NO7Si. The highest BCUT2D eigenvalue weighted by molar-refractivity contribution is 6.74. The first kappa shape index (κ1) is 44.8. The number of unbranched alkanes of at least 4 members (excludes halogenated alkanes) is 15. The van der Waals surface area contributed by atoms with Gasteiger partial charge < -0.3 is 29.1 Å². The van der Waals surface area contributed by atoms with Gasteiger partial charge in [0.1, 0.15) is 30.1 Å². The second-order valence-electron chi connectivity index (χ2n) is 15.4. The zero-order valence-corrected chi connectivity index (χ0v) is 33.3. The van der Waals surface area contributed by atoms with Crippen molar-refractivity contribution in [2.24, 2.45) is 0 Å². The van der Waals surface area contributed by atoms with Crippen molar-refractivity contribution in [1.82, 2.24) is 5.32 Å². The van der Waals surface area contributed by atoms with Crippen LogP contribution in [0.4, 0.5) is 0 Å². The topological polar surface area (TPSA) is 103 Å². The monoisotopic (exact) mass is 698 g/mol. The van der Waals surface area contributed by atoms with Crippen LogP contribution in [0.2, 0.25) is 18.1 Å². The van der Waals surface area contributed by atoms with Gasteiger partial charge in [0.2, 0.25) is 12.2 Å². The van der Waals surface area contributed by atoms with Crippen LogP contribution in [0.1, 0.15) is 164 Å². The highest BCUT2D eigenvalue weighted by Gasteiger charge is 2.49. The fourth-order valence-corrected chi connectivity index (χ4v) is 6.79. The first-order chi connectivity index (χ1) is 22.9. The van der Waals surface area contributed by atoms with Crippen molar-refractivity contribution in [1.29, 1.82) is 0 Å². The SMILES string of the molecule is C/C=C\O[C@H]1O[C@H](CO[Si](C)(C)C(C)(C)C)[C@@H](O)[C@H](OCCCCCCCCCC)C1NC(=O)CC(=O)CCCCCCCCCCC. The van der Waals surface area contributed by atoms with Crippen LogP contribution < -0.4 is 5.32 Å². The molecule has 0 aromatic heterocycles. The predicted molar refractivity (Wildman–Crippen MR) is 199 cm³/mol. The Bertz CT molecular complexity index is 875. The Hall–Kier alpha value is -1.26. The third-order valence-corrected chi connectivity index (χ3v) is 14.5. The third-order valence-electron chi connectivity index (χ3n) is 9.99. The summed E-state index contributed by atoms with van der Waals surface area (Å²) in [4.78, 5) is 25.9. The number of ketones is 1. The third kappa shape index (κ3) is 18.7. The Kier molecular flexibility index (Phi) is 23.9. The number of ether oxygens (including phenoxy) is 3. The lowest BCUT2D eigenvalue weighted by molar-refractivity contribution is -0.262. The summed E-state index contributed by atoms with van der Waals surface area (Å²) in [6.07, 6.45) is 20.0. The van der Waals surface area contributed by atoms with E-state index in [-0.39, 0.29) is 23.8 Å². The normalized spacial score (nSPS) is 21.9. The zero-order valence-electron chi connectivity index (χ0n) is 32.3. The quantitative estimate of drug-likeness (QED) is 0.0363. The predicted octanol–water partition coefficient (Wildman–Crippen LogP) is 9.54. The molecule has 0 radical (unpaired) electrons. The Morgan fingerprint density at radius 1 is 0.833 bits per heavy atom. The van der Waals surface area contributed by atoms with Gasteiger partial charge in [0.25, 0.3) is 0 Å². The van der Waals surface area contributed by atoms with Crippen molar-refractivity contribution < 1.29 is 33.3 Å². The molecule has 0 bridgehead atoms. The van der Waals surface area contributed by atoms with E-state index in [0.29, 0.717) is 13.0 Å². The van der Waals surface area contributed by atoms with Gasteiger partial charge in [0, 0.05) is 13.0 Å². The summed E-state index contributed by atoms with van der Waals surface area (Å²) < 4.78 is 25.0. The van der Waals surface area contributed by atoms with E-state index in [4.69, 9.17) is 18.6 Å². The van der Waals surface area contributed by atoms with Crippen LogP contribution in [-0.4, -0.2) is 69.0 Å². The van der Waals surface area contributed by atoms with Crippen LogP contribution in [-0.2, 0) is 28.2 Å². The fraction of sp³-hybridized carbons (Fsp3) is 0.897. The van der Waals surface area contributed by atoms with Gasteiger partial charge in [-0.3, -0.25) is 9.59 Å². The smallest absolute Gasteiger partial charge is 0.227 e. The number of carbonyl (C=O) groups is 2. The maximum atomic E-state index is 13.2. The molecule has 1 fully saturated rings. The van der Waals surface area contributed by atoms with Crippen LogP contribution in [0, 0.1) is 0 Å². The van der Waals surface area contributed by atoms with Crippen LogP contribution in [0.3, 0.4) is 0 Å². The van der Waals surface area contributed by atoms with E-state index < -0.39 is 44.9 Å². The van der Waals surface area contributed by atoms with E-state index in [1.54, 1.807) is 6.08 Å². The lowest BCUT2D eigenvalue weighted by Gasteiger charge is -2.45. The Labute approximate surface area is 296 Å². The summed E-state index contributed by atoms with van der Waals surface area (Å²) in [6.45, 7) is 17.8. The van der Waals surface area contributed by atoms with Gasteiger partial charge in [-0.1, -0.05) is 137 Å². The molecule has 0 aliphatic carbocycles. The minimum absolute atomic E-state index is 0.00277. The molecule has 9 heteroatoms. The molecule has 1 amide bonds. The summed E-state index contributed by atoms with van der Waals surface area (Å²) in [5.74, 6) is -0.474. The van der Waals surface area contributed by atoms with Crippen LogP contribution in [0.5, 0.6) is 0 Å². The minimum atomic E-state index is -2.12. The van der Waals surface area contributed by atoms with E-state index >= 15 is 0 Å². The second-order valence-corrected chi connectivity index (χ2v) is 20.2. The van der Waals surface area contributed by atoms with Crippen LogP contribution in [0.15, 0.2) is 12.3 Å². The summed E-state index contributed by atoms with van der Waals surface area (Å²) >= 11 is 0. The van der Waals surface area contributed by atoms with Crippen molar-refractivity contribution in [2.75, 3.05) is 13.2 Å². The minimum Gasteiger partial charge on any atom is -0.471 e. The molecule has 48 heavy (non-hydrogen) atoms. The van der Waals surface area contributed by atoms with E-state index in [1.165, 1.54) is 76.9 Å². The summed E-state index contributed by atoms with van der Waals surface area (Å²) in [7, 11) is -2.12. The Morgan fingerprint density at radius 3 is 1.88 bits per heavy atom. The molecule has 1 rings (SSSR count). The first-order valence-electron chi connectivity index (χ1n) is 19.5. The number of amides is 1. The number of hydrogen-bond acceptors (Lipinski definition) is 7. The fourth-order valence-electron chi connectivity index (χ4n) is 5.78. The number of aliphatic hydroxyl groups is 1. The van der Waals surface area contributed by atoms with E-state index in [0.717, 1.165) is 38.5 Å². The molecule has 282 valence electrons. The summed E-state index contributed by atoms with van der Waals surface area (Å²) in [5.41, 5.74) is 0. The average Bonchev–Trinajstić information content (AvgIpc) is 3.02. The zero-order chi connectivity index (χ0) is 35.8. The van der Waals surface area contributed by atoms with Gasteiger partial charge in [-0.25, -0.2) is 0 Å². The second kappa shape index (κ2) is 25.7. The highest BCUT2D eigenvalue weighted by atomic mass is 28.4. The van der Waals surface area contributed by atoms with Crippen molar-refractivity contribution in [3.63, 3.8) is 0 Å². The molecule has 1 aliphatic rings. The molecule has 0 saturated carbocycles. The molecule has 1 aliphatic heterocycles. The van der Waals surface area contributed by atoms with E-state index in [2.05, 4.69) is 53.0 Å². The summed E-state index contributed by atoms with van der Waals surface area (Å²) in [6, 6.07) is -0.789. The molecular weight excluding hydrogens is 623 g/mol. The van der Waals surface area contributed by atoms with Gasteiger partial charge in [0.15, 0.2) is 8.32 Å². The molecule has 1 unspecified atom stereocenters. The molecule has 1 saturated heterocycles. The molecule has 0 aromatic rings. The average molecular weight is 698 g/mol. The maximum Gasteiger partial charge on any atom is 0.227 e. The largest absolute Gasteiger partial charge is 0.471 e. The van der Waals surface area contributed by atoms with Crippen molar-refractivity contribution in [3.05, 3.63) is 12.3 Å². The van der Waals surface area contributed by atoms with E-state index in [1.807, 2.05) is 6.92 Å². The van der Waals surface area contributed by atoms with Crippen molar-refractivity contribution >= 4 is 20.0 Å². The number of allylic oxidation sites excluding steroid dienone is 1. The number of Topliss-reactive ketones (excluding diaryl/α,β-unsaturated/α-hetero) is 1. The first-order valence-corrected chi connectivity index (χ1v) is 22.5. The molecule has 0 aromatic carbocycles. The lowest BCUT2D eigenvalue weighted by Crippen LogP contribution is -2.66. The van der Waals surface area contributed by atoms with Gasteiger partial charge in [-0.05, 0) is 37.9 Å². The Balaban J connectivity index is 2.85. The van der Waals surface area contributed by atoms with Gasteiger partial charge in [-0.15, -0.1) is 0 Å². The van der Waals surface area contributed by atoms with Crippen LogP contribution >= 0.6 is 0 Å². The van der Waals surface area contributed by atoms with Gasteiger partial charge in [-0.2, -0.15) is 0 Å². The molecule has 1 heterocycles. The number of rotatable bonds is 28. The van der Waals surface area contributed by atoms with Crippen molar-refractivity contribution in [2.45, 2.75) is 212 Å². The number of hydrogen-bond donors (Lipinski definition) is 2.